The molecule has 0 radical (unpaired) electrons. The van der Waals surface area contributed by atoms with Crippen molar-refractivity contribution in [3.05, 3.63) is 29.8 Å². The van der Waals surface area contributed by atoms with E-state index in [1.165, 1.54) is 7.11 Å². The molecule has 1 aromatic rings. The van der Waals surface area contributed by atoms with Crippen molar-refractivity contribution in [2.24, 2.45) is 0 Å². The smallest absolute Gasteiger partial charge is 0.255 e. The maximum absolute atomic E-state index is 11.9. The van der Waals surface area contributed by atoms with Crippen LogP contribution in [0.4, 0.5) is 0 Å². The molecule has 2 amide bonds. The summed E-state index contributed by atoms with van der Waals surface area (Å²) in [5.41, 5.74) is 0.471. The Morgan fingerprint density at radius 2 is 1.89 bits per heavy atom. The predicted molar refractivity (Wildman–Crippen MR) is 73.2 cm³/mol. The first-order valence-corrected chi connectivity index (χ1v) is 6.37. The minimum Gasteiger partial charge on any atom is -0.496 e. The van der Waals surface area contributed by atoms with Crippen molar-refractivity contribution in [3.8, 4) is 5.75 Å². The van der Waals surface area contributed by atoms with Crippen LogP contribution in [-0.2, 0) is 4.79 Å². The number of methoxy groups -OCH3 is 1. The summed E-state index contributed by atoms with van der Waals surface area (Å²) in [7, 11) is 1.52. The summed E-state index contributed by atoms with van der Waals surface area (Å²) in [5, 5.41) is 5.45. The molecule has 0 aliphatic heterocycles. The molecule has 0 unspecified atom stereocenters. The molecular weight excluding hydrogens is 244 g/mol. The van der Waals surface area contributed by atoms with Crippen molar-refractivity contribution in [2.45, 2.75) is 19.8 Å². The summed E-state index contributed by atoms with van der Waals surface area (Å²) < 4.78 is 5.11. The summed E-state index contributed by atoms with van der Waals surface area (Å²) >= 11 is 0. The molecule has 0 atom stereocenters. The highest BCUT2D eigenvalue weighted by atomic mass is 16.5. The van der Waals surface area contributed by atoms with E-state index >= 15 is 0 Å². The normalized spacial score (nSPS) is 9.79. The van der Waals surface area contributed by atoms with E-state index in [-0.39, 0.29) is 18.2 Å². The molecule has 104 valence electrons. The molecule has 1 rings (SSSR count). The van der Waals surface area contributed by atoms with Crippen molar-refractivity contribution in [1.82, 2.24) is 10.6 Å². The average molecular weight is 264 g/mol. The van der Waals surface area contributed by atoms with Crippen LogP contribution in [0.25, 0.3) is 0 Å². The third-order valence-electron chi connectivity index (χ3n) is 2.56. The zero-order valence-corrected chi connectivity index (χ0v) is 11.4. The molecule has 0 saturated heterocycles. The first-order chi connectivity index (χ1) is 9.19. The van der Waals surface area contributed by atoms with Crippen molar-refractivity contribution in [2.75, 3.05) is 20.2 Å². The van der Waals surface area contributed by atoms with Gasteiger partial charge in [0.2, 0.25) is 5.91 Å². The highest BCUT2D eigenvalue weighted by molar-refractivity contribution is 5.97. The molecule has 5 heteroatoms. The molecular formula is C14H20N2O3. The second-order valence-corrected chi connectivity index (χ2v) is 4.06. The number of carbonyl (C=O) groups excluding carboxylic acids is 2. The number of amides is 2. The molecule has 0 saturated carbocycles. The van der Waals surface area contributed by atoms with Crippen LogP contribution in [0.15, 0.2) is 24.3 Å². The molecule has 0 aliphatic carbocycles. The zero-order valence-electron chi connectivity index (χ0n) is 11.4. The van der Waals surface area contributed by atoms with E-state index in [4.69, 9.17) is 4.74 Å². The lowest BCUT2D eigenvalue weighted by molar-refractivity contribution is -0.120. The van der Waals surface area contributed by atoms with Gasteiger partial charge < -0.3 is 15.4 Å². The zero-order chi connectivity index (χ0) is 14.1. The van der Waals surface area contributed by atoms with E-state index in [1.54, 1.807) is 24.3 Å². The van der Waals surface area contributed by atoms with Crippen LogP contribution in [0.3, 0.4) is 0 Å². The number of nitrogens with one attached hydrogen (secondary N) is 2. The number of ether oxygens (including phenoxy) is 1. The van der Waals surface area contributed by atoms with Gasteiger partial charge in [-0.1, -0.05) is 19.1 Å². The van der Waals surface area contributed by atoms with Crippen molar-refractivity contribution >= 4 is 11.8 Å². The van der Waals surface area contributed by atoms with Gasteiger partial charge in [0.1, 0.15) is 5.75 Å². The standard InChI is InChI=1S/C14H20N2O3/c1-3-9-15-13(17)8-10-16-14(18)11-6-4-5-7-12(11)19-2/h4-7H,3,8-10H2,1-2H3,(H,15,17)(H,16,18). The van der Waals surface area contributed by atoms with Gasteiger partial charge in [-0.3, -0.25) is 9.59 Å². The SMILES string of the molecule is CCCNC(=O)CCNC(=O)c1ccccc1OC. The minimum absolute atomic E-state index is 0.0535. The third-order valence-corrected chi connectivity index (χ3v) is 2.56. The Morgan fingerprint density at radius 1 is 1.16 bits per heavy atom. The molecule has 19 heavy (non-hydrogen) atoms. The fourth-order valence-electron chi connectivity index (χ4n) is 1.57. The molecule has 1 aromatic carbocycles. The summed E-state index contributed by atoms with van der Waals surface area (Å²) in [5.74, 6) is 0.235. The van der Waals surface area contributed by atoms with Gasteiger partial charge in [-0.15, -0.1) is 0 Å². The Balaban J connectivity index is 2.41. The highest BCUT2D eigenvalue weighted by Crippen LogP contribution is 2.16. The molecule has 0 aromatic heterocycles. The van der Waals surface area contributed by atoms with Gasteiger partial charge >= 0.3 is 0 Å². The van der Waals surface area contributed by atoms with Crippen molar-refractivity contribution in [1.29, 1.82) is 0 Å². The fourth-order valence-corrected chi connectivity index (χ4v) is 1.57. The second-order valence-electron chi connectivity index (χ2n) is 4.06. The van der Waals surface area contributed by atoms with Crippen LogP contribution in [0.2, 0.25) is 0 Å². The van der Waals surface area contributed by atoms with E-state index < -0.39 is 0 Å². The van der Waals surface area contributed by atoms with Gasteiger partial charge in [0.25, 0.3) is 5.91 Å². The molecule has 0 bridgehead atoms. The van der Waals surface area contributed by atoms with Gasteiger partial charge in [0.05, 0.1) is 12.7 Å². The topological polar surface area (TPSA) is 67.4 Å². The van der Waals surface area contributed by atoms with Gasteiger partial charge in [-0.25, -0.2) is 0 Å². The van der Waals surface area contributed by atoms with Crippen molar-refractivity contribution in [3.63, 3.8) is 0 Å². The van der Waals surface area contributed by atoms with Crippen LogP contribution < -0.4 is 15.4 Å². The number of carbonyl (C=O) groups is 2. The largest absolute Gasteiger partial charge is 0.496 e. The minimum atomic E-state index is -0.235. The lowest BCUT2D eigenvalue weighted by Gasteiger charge is -2.09. The van der Waals surface area contributed by atoms with E-state index in [9.17, 15) is 9.59 Å². The monoisotopic (exact) mass is 264 g/mol. The number of rotatable bonds is 7. The van der Waals surface area contributed by atoms with Crippen LogP contribution in [0.1, 0.15) is 30.1 Å². The van der Waals surface area contributed by atoms with Crippen LogP contribution in [0.5, 0.6) is 5.75 Å². The van der Waals surface area contributed by atoms with Gasteiger partial charge in [0.15, 0.2) is 0 Å². The fraction of sp³-hybridized carbons (Fsp3) is 0.429. The number of hydrogen-bond donors (Lipinski definition) is 2. The Kier molecular flexibility index (Phi) is 6.43. The molecule has 5 nitrogen and oxygen atoms in total. The third kappa shape index (κ3) is 4.99. The Morgan fingerprint density at radius 3 is 2.58 bits per heavy atom. The quantitative estimate of drug-likeness (QED) is 0.781. The first-order valence-electron chi connectivity index (χ1n) is 6.37. The van der Waals surface area contributed by atoms with E-state index in [2.05, 4.69) is 10.6 Å². The number of para-hydroxylation sites is 1. The highest BCUT2D eigenvalue weighted by Gasteiger charge is 2.11. The lowest BCUT2D eigenvalue weighted by atomic mass is 10.2. The maximum atomic E-state index is 11.9. The Labute approximate surface area is 113 Å². The van der Waals surface area contributed by atoms with Gasteiger partial charge in [0, 0.05) is 19.5 Å². The Hall–Kier alpha value is -2.04. The summed E-state index contributed by atoms with van der Waals surface area (Å²) in [6, 6.07) is 6.98. The first kappa shape index (κ1) is 15.0. The van der Waals surface area contributed by atoms with Gasteiger partial charge in [-0.05, 0) is 18.6 Å². The average Bonchev–Trinajstić information content (AvgIpc) is 2.44. The maximum Gasteiger partial charge on any atom is 0.255 e. The Bertz CT molecular complexity index is 432. The predicted octanol–water partition coefficient (Wildman–Crippen LogP) is 1.34. The van der Waals surface area contributed by atoms with Crippen molar-refractivity contribution < 1.29 is 14.3 Å². The van der Waals surface area contributed by atoms with Crippen LogP contribution in [0, 0.1) is 0 Å². The van der Waals surface area contributed by atoms with Crippen LogP contribution >= 0.6 is 0 Å². The second kappa shape index (κ2) is 8.13. The lowest BCUT2D eigenvalue weighted by Crippen LogP contribution is -2.31. The molecule has 0 fully saturated rings. The summed E-state index contributed by atoms with van der Waals surface area (Å²) in [6.07, 6.45) is 1.18. The summed E-state index contributed by atoms with van der Waals surface area (Å²) in [4.78, 5) is 23.3. The number of hydrogen-bond acceptors (Lipinski definition) is 3. The summed E-state index contributed by atoms with van der Waals surface area (Å²) in [6.45, 7) is 2.97. The van der Waals surface area contributed by atoms with E-state index in [0.29, 0.717) is 24.4 Å². The molecule has 0 heterocycles. The van der Waals surface area contributed by atoms with E-state index in [0.717, 1.165) is 6.42 Å². The number of benzene rings is 1. The molecule has 2 N–H and O–H groups in total. The molecule has 0 spiro atoms. The molecule has 0 aliphatic rings. The van der Waals surface area contributed by atoms with Gasteiger partial charge in [-0.2, -0.15) is 0 Å². The van der Waals surface area contributed by atoms with E-state index in [1.807, 2.05) is 6.92 Å². The van der Waals surface area contributed by atoms with Crippen LogP contribution in [-0.4, -0.2) is 32.0 Å².